The molecule has 1 heterocycles. The Morgan fingerprint density at radius 2 is 1.95 bits per heavy atom. The number of carbonyl (C=O) groups excluding carboxylic acids is 1. The molecule has 0 aromatic carbocycles. The highest BCUT2D eigenvalue weighted by Crippen LogP contribution is 2.08. The third-order valence-corrected chi connectivity index (χ3v) is 2.01. The predicted molar refractivity (Wildman–Crippen MR) is 74.2 cm³/mol. The zero-order valence-electron chi connectivity index (χ0n) is 12.5. The van der Waals surface area contributed by atoms with E-state index in [4.69, 9.17) is 9.84 Å². The van der Waals surface area contributed by atoms with E-state index in [2.05, 4.69) is 15.3 Å². The Balaban J connectivity index is 0.000000595. The molecule has 114 valence electrons. The van der Waals surface area contributed by atoms with E-state index in [1.807, 2.05) is 0 Å². The van der Waals surface area contributed by atoms with Crippen LogP contribution in [0, 0.1) is 5.92 Å². The van der Waals surface area contributed by atoms with E-state index >= 15 is 0 Å². The maximum atomic E-state index is 11.3. The fourth-order valence-corrected chi connectivity index (χ4v) is 1.16. The molecule has 1 atom stereocenters. The zero-order valence-corrected chi connectivity index (χ0v) is 12.5. The number of aromatic nitrogens is 2. The number of amides is 1. The molecule has 0 unspecified atom stereocenters. The number of ether oxygens (including phenoxy) is 1. The van der Waals surface area contributed by atoms with Gasteiger partial charge in [-0.1, -0.05) is 13.8 Å². The van der Waals surface area contributed by atoms with E-state index in [1.165, 1.54) is 0 Å². The van der Waals surface area contributed by atoms with Crippen molar-refractivity contribution >= 4 is 12.1 Å². The molecule has 0 aliphatic rings. The molecule has 0 saturated carbocycles. The summed E-state index contributed by atoms with van der Waals surface area (Å²) in [6.45, 7) is 8.60. The summed E-state index contributed by atoms with van der Waals surface area (Å²) in [4.78, 5) is 28.5. The van der Waals surface area contributed by atoms with Crippen LogP contribution in [0.1, 0.15) is 34.6 Å². The molecule has 1 rings (SSSR count). The third-order valence-electron chi connectivity index (χ3n) is 2.01. The van der Waals surface area contributed by atoms with Gasteiger partial charge in [0.05, 0.1) is 6.33 Å². The lowest BCUT2D eigenvalue weighted by Crippen LogP contribution is -2.46. The van der Waals surface area contributed by atoms with Crippen LogP contribution in [-0.4, -0.2) is 38.8 Å². The van der Waals surface area contributed by atoms with E-state index in [1.54, 1.807) is 53.3 Å². The molecule has 0 radical (unpaired) electrons. The van der Waals surface area contributed by atoms with E-state index in [-0.39, 0.29) is 5.92 Å². The van der Waals surface area contributed by atoms with Gasteiger partial charge in [0.25, 0.3) is 0 Å². The average Bonchev–Trinajstić information content (AvgIpc) is 2.80. The molecule has 0 aliphatic carbocycles. The van der Waals surface area contributed by atoms with Crippen LogP contribution in [0.5, 0.6) is 0 Å². The van der Waals surface area contributed by atoms with Crippen LogP contribution in [0.4, 0.5) is 4.79 Å². The van der Waals surface area contributed by atoms with Gasteiger partial charge in [0.2, 0.25) is 0 Å². The molecular weight excluding hydrogens is 262 g/mol. The van der Waals surface area contributed by atoms with Gasteiger partial charge >= 0.3 is 12.1 Å². The third kappa shape index (κ3) is 8.96. The fraction of sp³-hybridized carbons (Fsp3) is 0.615. The SMILES string of the molecule is CC(C)[C@H](NC(=O)OC(C)(C)C)C(=O)O.c1c[nH]cn1. The summed E-state index contributed by atoms with van der Waals surface area (Å²) in [6, 6.07) is -0.917. The molecule has 1 amide bonds. The number of imidazole rings is 1. The maximum absolute atomic E-state index is 11.3. The molecule has 0 bridgehead atoms. The van der Waals surface area contributed by atoms with E-state index < -0.39 is 23.7 Å². The summed E-state index contributed by atoms with van der Waals surface area (Å²) in [5, 5.41) is 11.1. The van der Waals surface area contributed by atoms with E-state index in [0.717, 1.165) is 0 Å². The molecule has 0 spiro atoms. The van der Waals surface area contributed by atoms with Crippen molar-refractivity contribution in [1.82, 2.24) is 15.3 Å². The molecule has 7 heteroatoms. The molecule has 0 aliphatic heterocycles. The van der Waals surface area contributed by atoms with Crippen LogP contribution in [0.15, 0.2) is 18.7 Å². The van der Waals surface area contributed by atoms with Crippen molar-refractivity contribution in [3.05, 3.63) is 18.7 Å². The zero-order chi connectivity index (χ0) is 15.8. The monoisotopic (exact) mass is 285 g/mol. The fourth-order valence-electron chi connectivity index (χ4n) is 1.16. The van der Waals surface area contributed by atoms with Crippen molar-refractivity contribution in [2.45, 2.75) is 46.3 Å². The molecule has 3 N–H and O–H groups in total. The summed E-state index contributed by atoms with van der Waals surface area (Å²) in [5.41, 5.74) is -0.621. The van der Waals surface area contributed by atoms with Crippen molar-refractivity contribution in [2.24, 2.45) is 5.92 Å². The number of H-pyrrole nitrogens is 1. The largest absolute Gasteiger partial charge is 0.480 e. The molecule has 1 aromatic heterocycles. The van der Waals surface area contributed by atoms with Crippen molar-refractivity contribution in [2.75, 3.05) is 0 Å². The Bertz CT molecular complexity index is 379. The lowest BCUT2D eigenvalue weighted by atomic mass is 10.1. The minimum absolute atomic E-state index is 0.185. The Hall–Kier alpha value is -2.05. The van der Waals surface area contributed by atoms with Crippen molar-refractivity contribution in [3.8, 4) is 0 Å². The van der Waals surface area contributed by atoms with Gasteiger partial charge in [-0.15, -0.1) is 0 Å². The van der Waals surface area contributed by atoms with Crippen LogP contribution < -0.4 is 5.32 Å². The Labute approximate surface area is 118 Å². The molecule has 0 saturated heterocycles. The number of carbonyl (C=O) groups is 2. The number of aromatic amines is 1. The number of hydrogen-bond donors (Lipinski definition) is 3. The van der Waals surface area contributed by atoms with E-state index in [9.17, 15) is 9.59 Å². The average molecular weight is 285 g/mol. The van der Waals surface area contributed by atoms with Crippen LogP contribution in [0.3, 0.4) is 0 Å². The van der Waals surface area contributed by atoms with Gasteiger partial charge in [0.15, 0.2) is 0 Å². The van der Waals surface area contributed by atoms with Gasteiger partial charge in [-0.05, 0) is 26.7 Å². The highest BCUT2D eigenvalue weighted by Gasteiger charge is 2.26. The number of nitrogens with one attached hydrogen (secondary N) is 2. The lowest BCUT2D eigenvalue weighted by molar-refractivity contribution is -0.140. The molecule has 1 aromatic rings. The number of alkyl carbamates (subject to hydrolysis) is 1. The van der Waals surface area contributed by atoms with Crippen LogP contribution in [0.25, 0.3) is 0 Å². The van der Waals surface area contributed by atoms with Crippen LogP contribution >= 0.6 is 0 Å². The number of hydrogen-bond acceptors (Lipinski definition) is 4. The van der Waals surface area contributed by atoms with Gasteiger partial charge < -0.3 is 20.1 Å². The standard InChI is InChI=1S/C10H19NO4.C3H4N2/c1-6(2)7(8(12)13)11-9(14)15-10(3,4)5;1-2-5-3-4-1/h6-7H,1-5H3,(H,11,14)(H,12,13);1-3H,(H,4,5)/t7-;/m0./s1. The van der Waals surface area contributed by atoms with Crippen molar-refractivity contribution in [3.63, 3.8) is 0 Å². The molecular formula is C13H23N3O4. The van der Waals surface area contributed by atoms with Gasteiger partial charge in [0.1, 0.15) is 11.6 Å². The number of carboxylic acids is 1. The van der Waals surface area contributed by atoms with Crippen molar-refractivity contribution < 1.29 is 19.4 Å². The van der Waals surface area contributed by atoms with Crippen LogP contribution in [-0.2, 0) is 9.53 Å². The summed E-state index contributed by atoms with van der Waals surface area (Å²) in [5.74, 6) is -1.24. The summed E-state index contributed by atoms with van der Waals surface area (Å²) >= 11 is 0. The quantitative estimate of drug-likeness (QED) is 0.788. The van der Waals surface area contributed by atoms with Crippen molar-refractivity contribution in [1.29, 1.82) is 0 Å². The second-order valence-corrected chi connectivity index (χ2v) is 5.47. The first-order chi connectivity index (χ1) is 9.13. The number of carboxylic acid groups (broad SMARTS) is 1. The molecule has 20 heavy (non-hydrogen) atoms. The number of nitrogens with zero attached hydrogens (tertiary/aromatic N) is 1. The van der Waals surface area contributed by atoms with Crippen LogP contribution in [0.2, 0.25) is 0 Å². The topological polar surface area (TPSA) is 104 Å². The van der Waals surface area contributed by atoms with Gasteiger partial charge in [-0.25, -0.2) is 14.6 Å². The Kier molecular flexibility index (Phi) is 7.35. The van der Waals surface area contributed by atoms with E-state index in [0.29, 0.717) is 0 Å². The predicted octanol–water partition coefficient (Wildman–Crippen LogP) is 2.03. The number of aliphatic carboxylic acids is 1. The first kappa shape index (κ1) is 17.9. The smallest absolute Gasteiger partial charge is 0.408 e. The first-order valence-electron chi connectivity index (χ1n) is 6.28. The first-order valence-corrected chi connectivity index (χ1v) is 6.28. The minimum Gasteiger partial charge on any atom is -0.480 e. The van der Waals surface area contributed by atoms with Gasteiger partial charge in [-0.2, -0.15) is 0 Å². The summed E-state index contributed by atoms with van der Waals surface area (Å²) < 4.78 is 4.96. The minimum atomic E-state index is -1.06. The highest BCUT2D eigenvalue weighted by molar-refractivity contribution is 5.80. The maximum Gasteiger partial charge on any atom is 0.408 e. The molecule has 7 nitrogen and oxygen atoms in total. The summed E-state index contributed by atoms with van der Waals surface area (Å²) in [7, 11) is 0. The highest BCUT2D eigenvalue weighted by atomic mass is 16.6. The Morgan fingerprint density at radius 1 is 1.35 bits per heavy atom. The lowest BCUT2D eigenvalue weighted by Gasteiger charge is -2.23. The van der Waals surface area contributed by atoms with Gasteiger partial charge in [0, 0.05) is 12.4 Å². The molecule has 0 fully saturated rings. The summed E-state index contributed by atoms with van der Waals surface area (Å²) in [6.07, 6.45) is 4.38. The number of rotatable bonds is 3. The Morgan fingerprint density at radius 3 is 2.20 bits per heavy atom. The second-order valence-electron chi connectivity index (χ2n) is 5.47. The second kappa shape index (κ2) is 8.19. The normalized spacial score (nSPS) is 12.1. The van der Waals surface area contributed by atoms with Gasteiger partial charge in [-0.3, -0.25) is 0 Å².